The Labute approximate surface area is 172 Å². The van der Waals surface area contributed by atoms with Crippen molar-refractivity contribution in [2.45, 2.75) is 4.90 Å². The maximum absolute atomic E-state index is 12.6. The zero-order chi connectivity index (χ0) is 21.0. The Bertz CT molecular complexity index is 1310. The molecular weight excluding hydrogens is 404 g/mol. The average molecular weight is 418 g/mol. The van der Waals surface area contributed by atoms with Crippen LogP contribution in [0, 0.1) is 11.3 Å². The van der Waals surface area contributed by atoms with Crippen LogP contribution in [0.3, 0.4) is 0 Å². The highest BCUT2D eigenvalue weighted by Gasteiger charge is 2.18. The first-order valence-corrected chi connectivity index (χ1v) is 10.2. The minimum atomic E-state index is -3.90. The first-order valence-electron chi connectivity index (χ1n) is 8.67. The van der Waals surface area contributed by atoms with Gasteiger partial charge in [-0.05, 0) is 42.5 Å². The third-order valence-corrected chi connectivity index (χ3v) is 5.43. The van der Waals surface area contributed by atoms with Gasteiger partial charge in [0.25, 0.3) is 10.0 Å². The van der Waals surface area contributed by atoms with Crippen LogP contribution in [0.4, 0.5) is 5.69 Å². The lowest BCUT2D eigenvalue weighted by Gasteiger charge is -2.10. The second kappa shape index (κ2) is 8.02. The summed E-state index contributed by atoms with van der Waals surface area (Å²) >= 11 is 0. The topological polar surface area (TPSA) is 123 Å². The molecule has 0 fully saturated rings. The van der Waals surface area contributed by atoms with Gasteiger partial charge in [-0.25, -0.2) is 23.1 Å². The van der Waals surface area contributed by atoms with Crippen LogP contribution in [0.2, 0.25) is 0 Å². The van der Waals surface area contributed by atoms with E-state index in [2.05, 4.69) is 19.8 Å². The number of hydrogen-bond donors (Lipinski definition) is 1. The number of sulfonamides is 1. The first kappa shape index (κ1) is 19.1. The molecule has 2 aromatic carbocycles. The van der Waals surface area contributed by atoms with Crippen molar-refractivity contribution >= 4 is 15.7 Å². The number of anilines is 1. The van der Waals surface area contributed by atoms with Crippen molar-refractivity contribution in [1.29, 1.82) is 5.26 Å². The third-order valence-electron chi connectivity index (χ3n) is 3.99. The summed E-state index contributed by atoms with van der Waals surface area (Å²) in [6.07, 6.45) is 4.75. The van der Waals surface area contributed by atoms with Crippen molar-refractivity contribution < 1.29 is 13.2 Å². The van der Waals surface area contributed by atoms with Crippen LogP contribution in [0.5, 0.6) is 11.6 Å². The van der Waals surface area contributed by atoms with Crippen molar-refractivity contribution in [2.75, 3.05) is 4.72 Å². The number of nitrogens with one attached hydrogen (secondary N) is 1. The number of nitriles is 1. The molecule has 30 heavy (non-hydrogen) atoms. The van der Waals surface area contributed by atoms with Gasteiger partial charge < -0.3 is 4.74 Å². The Balaban J connectivity index is 1.50. The molecule has 0 radical (unpaired) electrons. The molecule has 0 spiro atoms. The lowest BCUT2D eigenvalue weighted by Crippen LogP contribution is -2.14. The van der Waals surface area contributed by atoms with E-state index in [1.807, 2.05) is 6.07 Å². The highest BCUT2D eigenvalue weighted by Crippen LogP contribution is 2.24. The largest absolute Gasteiger partial charge is 0.439 e. The van der Waals surface area contributed by atoms with E-state index in [1.165, 1.54) is 18.5 Å². The molecule has 2 heterocycles. The lowest BCUT2D eigenvalue weighted by atomic mass is 10.2. The van der Waals surface area contributed by atoms with Gasteiger partial charge in [-0.15, -0.1) is 0 Å². The van der Waals surface area contributed by atoms with Gasteiger partial charge in [-0.1, -0.05) is 12.1 Å². The Morgan fingerprint density at radius 2 is 1.83 bits per heavy atom. The zero-order valence-electron chi connectivity index (χ0n) is 15.4. The predicted molar refractivity (Wildman–Crippen MR) is 108 cm³/mol. The van der Waals surface area contributed by atoms with Crippen molar-refractivity contribution in [3.63, 3.8) is 0 Å². The molecule has 9 nitrogen and oxygen atoms in total. The Hall–Kier alpha value is -4.23. The number of benzene rings is 2. The average Bonchev–Trinajstić information content (AvgIpc) is 3.30. The van der Waals surface area contributed by atoms with Crippen LogP contribution < -0.4 is 9.46 Å². The van der Waals surface area contributed by atoms with Gasteiger partial charge in [-0.3, -0.25) is 4.72 Å². The molecule has 0 atom stereocenters. The molecule has 0 aliphatic carbocycles. The van der Waals surface area contributed by atoms with Crippen molar-refractivity contribution in [1.82, 2.24) is 19.7 Å². The summed E-state index contributed by atoms with van der Waals surface area (Å²) < 4.78 is 34.9. The van der Waals surface area contributed by atoms with Gasteiger partial charge >= 0.3 is 0 Å². The van der Waals surface area contributed by atoms with Gasteiger partial charge in [0.05, 0.1) is 5.56 Å². The fourth-order valence-corrected chi connectivity index (χ4v) is 3.85. The normalized spacial score (nSPS) is 10.9. The standard InChI is InChI=1S/C20H14N6O3S/c21-13-15-4-1-2-5-18(15)30(27,28)25-16-6-8-17(9-7-16)29-20-12-19(22-14-23-20)26-11-3-10-24-26/h1-12,14,25H. The van der Waals surface area contributed by atoms with E-state index in [9.17, 15) is 8.42 Å². The summed E-state index contributed by atoms with van der Waals surface area (Å²) in [6, 6.07) is 17.6. The van der Waals surface area contributed by atoms with Crippen molar-refractivity contribution in [2.24, 2.45) is 0 Å². The van der Waals surface area contributed by atoms with Crippen LogP contribution in [0.25, 0.3) is 5.82 Å². The van der Waals surface area contributed by atoms with E-state index in [0.29, 0.717) is 23.1 Å². The molecule has 2 aromatic heterocycles. The molecule has 0 saturated carbocycles. The summed E-state index contributed by atoms with van der Waals surface area (Å²) in [4.78, 5) is 8.12. The fraction of sp³-hybridized carbons (Fsp3) is 0. The molecule has 0 aliphatic rings. The fourth-order valence-electron chi connectivity index (χ4n) is 2.63. The van der Waals surface area contributed by atoms with Crippen LogP contribution >= 0.6 is 0 Å². The molecule has 1 N–H and O–H groups in total. The van der Waals surface area contributed by atoms with Gasteiger partial charge in [0.2, 0.25) is 5.88 Å². The first-order chi connectivity index (χ1) is 14.5. The van der Waals surface area contributed by atoms with E-state index >= 15 is 0 Å². The quantitative estimate of drug-likeness (QED) is 0.510. The third kappa shape index (κ3) is 4.11. The van der Waals surface area contributed by atoms with Crippen molar-refractivity contribution in [3.05, 3.63) is 84.9 Å². The molecule has 0 saturated heterocycles. The number of hydrogen-bond acceptors (Lipinski definition) is 7. The molecule has 0 aliphatic heterocycles. The lowest BCUT2D eigenvalue weighted by molar-refractivity contribution is 0.460. The van der Waals surface area contributed by atoms with Crippen LogP contribution in [-0.2, 0) is 10.0 Å². The number of nitrogens with zero attached hydrogens (tertiary/aromatic N) is 5. The van der Waals surface area contributed by atoms with Crippen molar-refractivity contribution in [3.8, 4) is 23.5 Å². The second-order valence-corrected chi connectivity index (χ2v) is 7.66. The van der Waals surface area contributed by atoms with Gasteiger partial charge in [-0.2, -0.15) is 10.4 Å². The maximum Gasteiger partial charge on any atom is 0.263 e. The molecule has 0 amide bonds. The minimum Gasteiger partial charge on any atom is -0.439 e. The van der Waals surface area contributed by atoms with E-state index in [0.717, 1.165) is 0 Å². The molecule has 4 aromatic rings. The number of aromatic nitrogens is 4. The van der Waals surface area contributed by atoms with E-state index in [1.54, 1.807) is 65.6 Å². The predicted octanol–water partition coefficient (Wildman–Crippen LogP) is 3.13. The van der Waals surface area contributed by atoms with Gasteiger partial charge in [0.15, 0.2) is 5.82 Å². The highest BCUT2D eigenvalue weighted by molar-refractivity contribution is 7.92. The summed E-state index contributed by atoms with van der Waals surface area (Å²) in [5.41, 5.74) is 0.400. The Morgan fingerprint density at radius 1 is 1.03 bits per heavy atom. The van der Waals surface area contributed by atoms with Crippen LogP contribution in [-0.4, -0.2) is 28.2 Å². The highest BCUT2D eigenvalue weighted by atomic mass is 32.2. The number of rotatable bonds is 6. The smallest absolute Gasteiger partial charge is 0.263 e. The maximum atomic E-state index is 12.6. The molecule has 0 unspecified atom stereocenters. The molecule has 10 heteroatoms. The Morgan fingerprint density at radius 3 is 2.57 bits per heavy atom. The SMILES string of the molecule is N#Cc1ccccc1S(=O)(=O)Nc1ccc(Oc2cc(-n3cccn3)ncn2)cc1. The van der Waals surface area contributed by atoms with Crippen LogP contribution in [0.1, 0.15) is 5.56 Å². The minimum absolute atomic E-state index is 0.0710. The second-order valence-electron chi connectivity index (χ2n) is 6.00. The summed E-state index contributed by atoms with van der Waals surface area (Å²) in [5.74, 6) is 1.32. The van der Waals surface area contributed by atoms with E-state index in [4.69, 9.17) is 10.00 Å². The number of ether oxygens (including phenoxy) is 1. The summed E-state index contributed by atoms with van der Waals surface area (Å²) in [5, 5.41) is 13.2. The zero-order valence-corrected chi connectivity index (χ0v) is 16.2. The molecule has 4 rings (SSSR count). The van der Waals surface area contributed by atoms with E-state index in [-0.39, 0.29) is 10.5 Å². The molecule has 148 valence electrons. The van der Waals surface area contributed by atoms with Gasteiger partial charge in [0, 0.05) is 24.1 Å². The molecular formula is C20H14N6O3S. The van der Waals surface area contributed by atoms with E-state index < -0.39 is 10.0 Å². The summed E-state index contributed by atoms with van der Waals surface area (Å²) in [7, 11) is -3.90. The Kier molecular flexibility index (Phi) is 5.11. The molecule has 0 bridgehead atoms. The monoisotopic (exact) mass is 418 g/mol. The van der Waals surface area contributed by atoms with Crippen LogP contribution in [0.15, 0.2) is 84.3 Å². The summed E-state index contributed by atoms with van der Waals surface area (Å²) in [6.45, 7) is 0. The van der Waals surface area contributed by atoms with Gasteiger partial charge in [0.1, 0.15) is 23.0 Å².